The predicted octanol–water partition coefficient (Wildman–Crippen LogP) is 2.78. The molecule has 0 aliphatic rings. The number of hydrogen-bond donors (Lipinski definition) is 1. The number of likely N-dealkylation sites (N-methyl/N-ethyl adjacent to an activating group) is 1. The summed E-state index contributed by atoms with van der Waals surface area (Å²) in [5, 5.41) is 3.17. The molecule has 0 aliphatic heterocycles. The molecule has 0 bridgehead atoms. The lowest BCUT2D eigenvalue weighted by Crippen LogP contribution is -2.21. The Kier molecular flexibility index (Phi) is 4.08. The highest BCUT2D eigenvalue weighted by atomic mass is 19.1. The van der Waals surface area contributed by atoms with Crippen LogP contribution in [0.5, 0.6) is 0 Å². The molecule has 1 aromatic rings. The Morgan fingerprint density at radius 2 is 1.79 bits per heavy atom. The summed E-state index contributed by atoms with van der Waals surface area (Å²) in [4.78, 5) is 0. The van der Waals surface area contributed by atoms with Gasteiger partial charge < -0.3 is 5.32 Å². The molecule has 0 saturated carbocycles. The Morgan fingerprint density at radius 1 is 1.21 bits per heavy atom. The van der Waals surface area contributed by atoms with Crippen LogP contribution in [0.25, 0.3) is 0 Å². The van der Waals surface area contributed by atoms with Crippen LogP contribution in [-0.4, -0.2) is 13.6 Å². The Hall–Kier alpha value is -0.890. The average molecular weight is 195 g/mol. The van der Waals surface area contributed by atoms with E-state index >= 15 is 0 Å². The van der Waals surface area contributed by atoms with E-state index in [1.807, 2.05) is 19.2 Å². The zero-order valence-corrected chi connectivity index (χ0v) is 9.05. The highest BCUT2D eigenvalue weighted by Gasteiger charge is 2.14. The lowest BCUT2D eigenvalue weighted by Gasteiger charge is -2.20. The van der Waals surface area contributed by atoms with Gasteiger partial charge in [-0.3, -0.25) is 0 Å². The van der Waals surface area contributed by atoms with Crippen LogP contribution in [0.4, 0.5) is 4.39 Å². The van der Waals surface area contributed by atoms with E-state index in [-0.39, 0.29) is 5.82 Å². The van der Waals surface area contributed by atoms with E-state index in [0.717, 1.165) is 6.54 Å². The number of benzene rings is 1. The first kappa shape index (κ1) is 11.2. The van der Waals surface area contributed by atoms with Crippen LogP contribution in [-0.2, 0) is 0 Å². The van der Waals surface area contributed by atoms with Crippen LogP contribution in [0.3, 0.4) is 0 Å². The van der Waals surface area contributed by atoms with E-state index in [1.165, 1.54) is 17.7 Å². The summed E-state index contributed by atoms with van der Waals surface area (Å²) in [7, 11) is 1.94. The van der Waals surface area contributed by atoms with Crippen LogP contribution in [0.1, 0.15) is 25.3 Å². The van der Waals surface area contributed by atoms with E-state index in [4.69, 9.17) is 0 Å². The van der Waals surface area contributed by atoms with Gasteiger partial charge in [0.05, 0.1) is 0 Å². The second-order valence-corrected chi connectivity index (χ2v) is 3.96. The first-order chi connectivity index (χ1) is 6.65. The van der Waals surface area contributed by atoms with E-state index < -0.39 is 0 Å². The van der Waals surface area contributed by atoms with Gasteiger partial charge in [-0.15, -0.1) is 0 Å². The summed E-state index contributed by atoms with van der Waals surface area (Å²) in [6.45, 7) is 5.31. The fourth-order valence-electron chi connectivity index (χ4n) is 1.67. The molecule has 1 aromatic carbocycles. The van der Waals surface area contributed by atoms with Crippen molar-refractivity contribution in [3.63, 3.8) is 0 Å². The first-order valence-corrected chi connectivity index (χ1v) is 5.05. The normalized spacial score (nSPS) is 13.2. The van der Waals surface area contributed by atoms with E-state index in [2.05, 4.69) is 19.2 Å². The lowest BCUT2D eigenvalue weighted by molar-refractivity contribution is 0.477. The predicted molar refractivity (Wildman–Crippen MR) is 57.9 cm³/mol. The van der Waals surface area contributed by atoms with Crippen molar-refractivity contribution >= 4 is 0 Å². The quantitative estimate of drug-likeness (QED) is 0.779. The molecule has 1 unspecified atom stereocenters. The molecule has 78 valence electrons. The molecule has 0 heterocycles. The molecule has 0 fully saturated rings. The summed E-state index contributed by atoms with van der Waals surface area (Å²) >= 11 is 0. The molecule has 0 aliphatic carbocycles. The largest absolute Gasteiger partial charge is 0.319 e. The van der Waals surface area contributed by atoms with Crippen molar-refractivity contribution in [3.8, 4) is 0 Å². The van der Waals surface area contributed by atoms with Gasteiger partial charge in [-0.2, -0.15) is 0 Å². The van der Waals surface area contributed by atoms with Gasteiger partial charge in [0.15, 0.2) is 0 Å². The summed E-state index contributed by atoms with van der Waals surface area (Å²) < 4.78 is 12.7. The topological polar surface area (TPSA) is 12.0 Å². The number of nitrogens with one attached hydrogen (secondary N) is 1. The molecule has 0 aromatic heterocycles. The van der Waals surface area contributed by atoms with Crippen molar-refractivity contribution in [2.24, 2.45) is 5.92 Å². The number of hydrogen-bond acceptors (Lipinski definition) is 1. The first-order valence-electron chi connectivity index (χ1n) is 5.05. The van der Waals surface area contributed by atoms with Gasteiger partial charge in [0, 0.05) is 6.54 Å². The highest BCUT2D eigenvalue weighted by Crippen LogP contribution is 2.23. The minimum absolute atomic E-state index is 0.166. The number of halogens is 1. The van der Waals surface area contributed by atoms with Gasteiger partial charge in [-0.25, -0.2) is 4.39 Å². The van der Waals surface area contributed by atoms with Crippen molar-refractivity contribution < 1.29 is 4.39 Å². The molecule has 2 heteroatoms. The van der Waals surface area contributed by atoms with Crippen LogP contribution >= 0.6 is 0 Å². The summed E-state index contributed by atoms with van der Waals surface area (Å²) in [6, 6.07) is 6.80. The third-order valence-corrected chi connectivity index (χ3v) is 2.53. The van der Waals surface area contributed by atoms with Crippen molar-refractivity contribution in [2.75, 3.05) is 13.6 Å². The standard InChI is InChI=1S/C12H18FN/c1-9(2)12(8-14-3)10-4-6-11(13)7-5-10/h4-7,9,12,14H,8H2,1-3H3. The molecule has 0 radical (unpaired) electrons. The second-order valence-electron chi connectivity index (χ2n) is 3.96. The van der Waals surface area contributed by atoms with E-state index in [9.17, 15) is 4.39 Å². The fraction of sp³-hybridized carbons (Fsp3) is 0.500. The molecular weight excluding hydrogens is 177 g/mol. The molecule has 14 heavy (non-hydrogen) atoms. The number of rotatable bonds is 4. The van der Waals surface area contributed by atoms with Crippen molar-refractivity contribution in [1.29, 1.82) is 0 Å². The van der Waals surface area contributed by atoms with Gasteiger partial charge >= 0.3 is 0 Å². The molecule has 0 saturated heterocycles. The maximum Gasteiger partial charge on any atom is 0.123 e. The van der Waals surface area contributed by atoms with Gasteiger partial charge in [0.2, 0.25) is 0 Å². The summed E-state index contributed by atoms with van der Waals surface area (Å²) in [6.07, 6.45) is 0. The third-order valence-electron chi connectivity index (χ3n) is 2.53. The van der Waals surface area contributed by atoms with E-state index in [0.29, 0.717) is 11.8 Å². The average Bonchev–Trinajstić information content (AvgIpc) is 2.15. The minimum atomic E-state index is -0.166. The lowest BCUT2D eigenvalue weighted by atomic mass is 9.88. The molecule has 1 rings (SSSR count). The molecule has 1 nitrogen and oxygen atoms in total. The molecule has 0 spiro atoms. The van der Waals surface area contributed by atoms with Crippen LogP contribution < -0.4 is 5.32 Å². The van der Waals surface area contributed by atoms with Gasteiger partial charge in [-0.1, -0.05) is 26.0 Å². The van der Waals surface area contributed by atoms with Crippen molar-refractivity contribution in [3.05, 3.63) is 35.6 Å². The maximum absolute atomic E-state index is 12.7. The third kappa shape index (κ3) is 2.81. The molecular formula is C12H18FN. The Morgan fingerprint density at radius 3 is 2.21 bits per heavy atom. The fourth-order valence-corrected chi connectivity index (χ4v) is 1.67. The summed E-state index contributed by atoms with van der Waals surface area (Å²) in [5.74, 6) is 0.856. The Bertz CT molecular complexity index is 266. The van der Waals surface area contributed by atoms with E-state index in [1.54, 1.807) is 0 Å². The van der Waals surface area contributed by atoms with Crippen LogP contribution in [0.2, 0.25) is 0 Å². The SMILES string of the molecule is CNCC(c1ccc(F)cc1)C(C)C. The maximum atomic E-state index is 12.7. The zero-order chi connectivity index (χ0) is 10.6. The summed E-state index contributed by atoms with van der Waals surface area (Å²) in [5.41, 5.74) is 1.20. The van der Waals surface area contributed by atoms with Crippen LogP contribution in [0, 0.1) is 11.7 Å². The van der Waals surface area contributed by atoms with Gasteiger partial charge in [0.1, 0.15) is 5.82 Å². The highest BCUT2D eigenvalue weighted by molar-refractivity contribution is 5.21. The molecule has 0 amide bonds. The smallest absolute Gasteiger partial charge is 0.123 e. The van der Waals surface area contributed by atoms with Crippen LogP contribution in [0.15, 0.2) is 24.3 Å². The van der Waals surface area contributed by atoms with Gasteiger partial charge in [0.25, 0.3) is 0 Å². The minimum Gasteiger partial charge on any atom is -0.319 e. The Labute approximate surface area is 85.3 Å². The van der Waals surface area contributed by atoms with Crippen molar-refractivity contribution in [2.45, 2.75) is 19.8 Å². The molecule has 1 N–H and O–H groups in total. The second kappa shape index (κ2) is 5.11. The Balaban J connectivity index is 2.82. The molecule has 1 atom stereocenters. The monoisotopic (exact) mass is 195 g/mol. The zero-order valence-electron chi connectivity index (χ0n) is 9.05. The van der Waals surface area contributed by atoms with Crippen molar-refractivity contribution in [1.82, 2.24) is 5.32 Å². The van der Waals surface area contributed by atoms with Gasteiger partial charge in [-0.05, 0) is 36.6 Å².